The Bertz CT molecular complexity index is 3500. The molecule has 0 aliphatic rings. The number of furan rings is 1. The number of benzene rings is 8. The van der Waals surface area contributed by atoms with E-state index in [1.807, 2.05) is 42.5 Å². The molecule has 0 amide bonds. The number of hydrogen-bond donors (Lipinski definition) is 0. The Balaban J connectivity index is 1.19. The predicted molar refractivity (Wildman–Crippen MR) is 254 cm³/mol. The highest BCUT2D eigenvalue weighted by atomic mass is 16.3. The lowest BCUT2D eigenvalue weighted by Crippen LogP contribution is -2.02. The van der Waals surface area contributed by atoms with Gasteiger partial charge in [-0.2, -0.15) is 0 Å². The van der Waals surface area contributed by atoms with Crippen LogP contribution in [0.25, 0.3) is 117 Å². The number of para-hydroxylation sites is 2. The molecule has 290 valence electrons. The number of hydrogen-bond acceptors (Lipinski definition) is 4. The third-order valence-electron chi connectivity index (χ3n) is 11.8. The first-order valence-electron chi connectivity index (χ1n) is 20.8. The van der Waals surface area contributed by atoms with Crippen molar-refractivity contribution in [3.63, 3.8) is 0 Å². The molecule has 12 rings (SSSR count). The van der Waals surface area contributed by atoms with E-state index in [4.69, 9.17) is 19.4 Å². The van der Waals surface area contributed by atoms with Crippen molar-refractivity contribution < 1.29 is 4.42 Å². The van der Waals surface area contributed by atoms with Gasteiger partial charge in [0.2, 0.25) is 0 Å². The zero-order valence-electron chi connectivity index (χ0n) is 33.5. The minimum absolute atomic E-state index is 0.652. The average Bonchev–Trinajstić information content (AvgIpc) is 3.90. The Labute approximate surface area is 357 Å². The van der Waals surface area contributed by atoms with E-state index in [-0.39, 0.29) is 0 Å². The first-order valence-corrected chi connectivity index (χ1v) is 20.8. The van der Waals surface area contributed by atoms with Crippen molar-refractivity contribution in [2.24, 2.45) is 0 Å². The van der Waals surface area contributed by atoms with E-state index in [9.17, 15) is 0 Å². The van der Waals surface area contributed by atoms with Crippen molar-refractivity contribution >= 4 is 43.7 Å². The van der Waals surface area contributed by atoms with Crippen molar-refractivity contribution in [3.05, 3.63) is 218 Å². The molecule has 5 heteroatoms. The molecule has 0 atom stereocenters. The van der Waals surface area contributed by atoms with Crippen molar-refractivity contribution in [3.8, 4) is 73.2 Å². The van der Waals surface area contributed by atoms with Gasteiger partial charge in [-0.05, 0) is 65.7 Å². The van der Waals surface area contributed by atoms with Gasteiger partial charge in [-0.25, -0.2) is 15.0 Å². The molecule has 0 N–H and O–H groups in total. The molecule has 0 spiro atoms. The summed E-state index contributed by atoms with van der Waals surface area (Å²) in [6.07, 6.45) is 0. The van der Waals surface area contributed by atoms with Crippen molar-refractivity contribution in [1.29, 1.82) is 0 Å². The maximum Gasteiger partial charge on any atom is 0.160 e. The van der Waals surface area contributed by atoms with Gasteiger partial charge in [0.15, 0.2) is 5.82 Å². The molecule has 4 aromatic heterocycles. The third-order valence-corrected chi connectivity index (χ3v) is 11.8. The zero-order chi connectivity index (χ0) is 41.0. The minimum Gasteiger partial charge on any atom is -0.456 e. The van der Waals surface area contributed by atoms with Crippen LogP contribution in [0.3, 0.4) is 0 Å². The highest BCUT2D eigenvalue weighted by molar-refractivity contribution is 6.24. The van der Waals surface area contributed by atoms with E-state index < -0.39 is 0 Å². The van der Waals surface area contributed by atoms with E-state index in [0.29, 0.717) is 5.82 Å². The van der Waals surface area contributed by atoms with Crippen LogP contribution in [-0.2, 0) is 0 Å². The minimum atomic E-state index is 0.652. The highest BCUT2D eigenvalue weighted by Crippen LogP contribution is 2.44. The van der Waals surface area contributed by atoms with E-state index >= 15 is 0 Å². The molecule has 0 fully saturated rings. The van der Waals surface area contributed by atoms with Crippen molar-refractivity contribution in [1.82, 2.24) is 19.5 Å². The largest absolute Gasteiger partial charge is 0.456 e. The van der Waals surface area contributed by atoms with Crippen LogP contribution in [0.15, 0.2) is 223 Å². The van der Waals surface area contributed by atoms with Gasteiger partial charge in [-0.3, -0.25) is 0 Å². The van der Waals surface area contributed by atoms with Crippen LogP contribution < -0.4 is 0 Å². The lowest BCUT2D eigenvalue weighted by Gasteiger charge is -2.18. The highest BCUT2D eigenvalue weighted by Gasteiger charge is 2.23. The number of aromatic nitrogens is 4. The molecule has 0 bridgehead atoms. The van der Waals surface area contributed by atoms with Gasteiger partial charge >= 0.3 is 0 Å². The molecule has 0 unspecified atom stereocenters. The fraction of sp³-hybridized carbons (Fsp3) is 0. The zero-order valence-corrected chi connectivity index (χ0v) is 33.5. The quantitative estimate of drug-likeness (QED) is 0.161. The Kier molecular flexibility index (Phi) is 8.42. The maximum atomic E-state index is 6.52. The van der Waals surface area contributed by atoms with Gasteiger partial charge < -0.3 is 8.98 Å². The lowest BCUT2D eigenvalue weighted by atomic mass is 9.97. The number of rotatable bonds is 7. The van der Waals surface area contributed by atoms with Gasteiger partial charge in [0.25, 0.3) is 0 Å². The Morgan fingerprint density at radius 3 is 1.61 bits per heavy atom. The monoisotopic (exact) mass is 792 g/mol. The summed E-state index contributed by atoms with van der Waals surface area (Å²) in [5.74, 6) is 0.652. The van der Waals surface area contributed by atoms with Crippen molar-refractivity contribution in [2.75, 3.05) is 0 Å². The molecule has 0 aliphatic carbocycles. The molecular weight excluding hydrogens is 757 g/mol. The van der Waals surface area contributed by atoms with E-state index in [2.05, 4.69) is 180 Å². The molecule has 0 saturated heterocycles. The van der Waals surface area contributed by atoms with E-state index in [1.165, 1.54) is 0 Å². The molecule has 62 heavy (non-hydrogen) atoms. The number of nitrogens with zero attached hydrogens (tertiary/aromatic N) is 4. The standard InChI is InChI=1S/C57H36N4O/c1-5-17-37(18-6-1)42-34-47(38-19-7-2-8-20-38)58-48(35-42)41-29-31-52(46(33-41)50-36-49(39-21-9-3-10-22-39)59-57(60-50)40-23-11-4-12-24-40)61-51-27-15-13-25-43(51)44-30-32-54-55(56(44)61)45-26-14-16-28-53(45)62-54/h1-36H. The molecule has 8 aromatic carbocycles. The maximum absolute atomic E-state index is 6.52. The van der Waals surface area contributed by atoms with Gasteiger partial charge in [0.1, 0.15) is 11.2 Å². The van der Waals surface area contributed by atoms with Crippen molar-refractivity contribution in [2.45, 2.75) is 0 Å². The SMILES string of the molecule is c1ccc(-c2cc(-c3ccccc3)nc(-c3ccc(-n4c5ccccc5c5ccc6oc7ccccc7c6c54)c(-c4cc(-c5ccccc5)nc(-c5ccccc5)n4)c3)c2)cc1. The normalized spacial score (nSPS) is 11.5. The summed E-state index contributed by atoms with van der Waals surface area (Å²) in [4.78, 5) is 16.0. The van der Waals surface area contributed by atoms with Crippen LogP contribution in [0.1, 0.15) is 0 Å². The molecule has 4 heterocycles. The van der Waals surface area contributed by atoms with Crippen LogP contribution in [0.5, 0.6) is 0 Å². The molecule has 0 aliphatic heterocycles. The molecule has 12 aromatic rings. The summed E-state index contributed by atoms with van der Waals surface area (Å²) in [7, 11) is 0. The van der Waals surface area contributed by atoms with Gasteiger partial charge in [0.05, 0.1) is 44.9 Å². The van der Waals surface area contributed by atoms with Crippen LogP contribution in [0, 0.1) is 0 Å². The first-order chi connectivity index (χ1) is 30.7. The molecule has 0 radical (unpaired) electrons. The Hall–Kier alpha value is -8.41. The second-order valence-electron chi connectivity index (χ2n) is 15.6. The summed E-state index contributed by atoms with van der Waals surface area (Å²) < 4.78 is 8.93. The Morgan fingerprint density at radius 1 is 0.339 bits per heavy atom. The summed E-state index contributed by atoms with van der Waals surface area (Å²) >= 11 is 0. The molecule has 5 nitrogen and oxygen atoms in total. The number of pyridine rings is 1. The number of fused-ring (bicyclic) bond motifs is 7. The van der Waals surface area contributed by atoms with Crippen LogP contribution in [0.4, 0.5) is 0 Å². The summed E-state index contributed by atoms with van der Waals surface area (Å²) in [5.41, 5.74) is 15.4. The summed E-state index contributed by atoms with van der Waals surface area (Å²) in [6, 6.07) is 76.1. The fourth-order valence-corrected chi connectivity index (χ4v) is 8.90. The van der Waals surface area contributed by atoms with Gasteiger partial charge in [0, 0.05) is 44.0 Å². The second-order valence-corrected chi connectivity index (χ2v) is 15.6. The predicted octanol–water partition coefficient (Wildman–Crippen LogP) is 14.9. The summed E-state index contributed by atoms with van der Waals surface area (Å²) in [6.45, 7) is 0. The molecule has 0 saturated carbocycles. The lowest BCUT2D eigenvalue weighted by molar-refractivity contribution is 0.669. The average molecular weight is 793 g/mol. The first kappa shape index (κ1) is 35.5. The molecular formula is C57H36N4O. The van der Waals surface area contributed by atoms with E-state index in [1.54, 1.807) is 0 Å². The van der Waals surface area contributed by atoms with Gasteiger partial charge in [-0.1, -0.05) is 164 Å². The summed E-state index contributed by atoms with van der Waals surface area (Å²) in [5, 5.41) is 4.46. The van der Waals surface area contributed by atoms with Gasteiger partial charge in [-0.15, -0.1) is 0 Å². The fourth-order valence-electron chi connectivity index (χ4n) is 8.90. The second kappa shape index (κ2) is 14.7. The van der Waals surface area contributed by atoms with Crippen LogP contribution in [0.2, 0.25) is 0 Å². The van der Waals surface area contributed by atoms with Crippen LogP contribution >= 0.6 is 0 Å². The smallest absolute Gasteiger partial charge is 0.160 e. The topological polar surface area (TPSA) is 56.7 Å². The van der Waals surface area contributed by atoms with E-state index in [0.717, 1.165) is 111 Å². The Morgan fingerprint density at radius 2 is 0.903 bits per heavy atom. The van der Waals surface area contributed by atoms with Crippen LogP contribution in [-0.4, -0.2) is 19.5 Å². The third kappa shape index (κ3) is 6.06.